The van der Waals surface area contributed by atoms with Crippen LogP contribution in [0.5, 0.6) is 0 Å². The second kappa shape index (κ2) is 3.05. The first-order valence-corrected chi connectivity index (χ1v) is 4.21. The molecule has 2 rings (SSSR count). The van der Waals surface area contributed by atoms with Gasteiger partial charge in [0.2, 0.25) is 5.91 Å². The molecule has 5 heteroatoms. The molecule has 1 saturated heterocycles. The van der Waals surface area contributed by atoms with Crippen molar-refractivity contribution in [3.05, 3.63) is 12.3 Å². The molecule has 62 valence electrons. The van der Waals surface area contributed by atoms with E-state index in [1.807, 2.05) is 12.3 Å². The van der Waals surface area contributed by atoms with Crippen molar-refractivity contribution in [2.45, 2.75) is 11.4 Å². The Labute approximate surface area is 75.4 Å². The number of carbonyl (C=O) groups is 1. The third-order valence-electron chi connectivity index (χ3n) is 1.75. The van der Waals surface area contributed by atoms with Crippen LogP contribution in [-0.4, -0.2) is 28.0 Å². The average molecular weight is 193 g/mol. The first-order chi connectivity index (χ1) is 4.80. The molecule has 0 aromatic carbocycles. The Bertz CT molecular complexity index is 209. The fourth-order valence-electron chi connectivity index (χ4n) is 1.16. The Morgan fingerprint density at radius 1 is 1.73 bits per heavy atom. The number of rotatable bonds is 0. The first-order valence-electron chi connectivity index (χ1n) is 3.17. The molecule has 2 aliphatic rings. The van der Waals surface area contributed by atoms with Gasteiger partial charge in [0.1, 0.15) is 11.4 Å². The van der Waals surface area contributed by atoms with E-state index in [4.69, 9.17) is 5.73 Å². The first kappa shape index (κ1) is 8.90. The number of amides is 1. The van der Waals surface area contributed by atoms with E-state index in [2.05, 4.69) is 0 Å². The smallest absolute Gasteiger partial charge is 0.247 e. The fourth-order valence-corrected chi connectivity index (χ4v) is 2.22. The number of hydrogen-bond acceptors (Lipinski definition) is 3. The summed E-state index contributed by atoms with van der Waals surface area (Å²) in [5, 5.41) is 0.220. The van der Waals surface area contributed by atoms with Gasteiger partial charge in [-0.15, -0.1) is 24.2 Å². The third kappa shape index (κ3) is 1.15. The van der Waals surface area contributed by atoms with E-state index in [1.165, 1.54) is 0 Å². The zero-order chi connectivity index (χ0) is 7.14. The maximum atomic E-state index is 10.9. The predicted molar refractivity (Wildman–Crippen MR) is 47.5 cm³/mol. The second-order valence-electron chi connectivity index (χ2n) is 2.38. The van der Waals surface area contributed by atoms with Gasteiger partial charge in [0.25, 0.3) is 0 Å². The summed E-state index contributed by atoms with van der Waals surface area (Å²) in [6.07, 6.45) is 3.80. The summed E-state index contributed by atoms with van der Waals surface area (Å²) in [4.78, 5) is 12.6. The Morgan fingerprint density at radius 3 is 3.09 bits per heavy atom. The van der Waals surface area contributed by atoms with Crippen molar-refractivity contribution in [3.8, 4) is 0 Å². The van der Waals surface area contributed by atoms with E-state index >= 15 is 0 Å². The van der Waals surface area contributed by atoms with Crippen LogP contribution in [0.1, 0.15) is 0 Å². The molecule has 0 aromatic rings. The van der Waals surface area contributed by atoms with Crippen LogP contribution in [0.4, 0.5) is 0 Å². The summed E-state index contributed by atoms with van der Waals surface area (Å²) >= 11 is 1.72. The minimum absolute atomic E-state index is 0. The molecule has 2 atom stereocenters. The SMILES string of the molecule is Cl.NC1C(=O)N2C=CCS[C@H]12. The molecule has 2 aliphatic heterocycles. The van der Waals surface area contributed by atoms with Crippen LogP contribution in [0.25, 0.3) is 0 Å². The molecule has 0 saturated carbocycles. The predicted octanol–water partition coefficient (Wildman–Crippen LogP) is 0.164. The molecule has 2 N–H and O–H groups in total. The van der Waals surface area contributed by atoms with E-state index in [0.717, 1.165) is 5.75 Å². The third-order valence-corrected chi connectivity index (χ3v) is 3.00. The molecular weight excluding hydrogens is 184 g/mol. The molecule has 3 nitrogen and oxygen atoms in total. The fraction of sp³-hybridized carbons (Fsp3) is 0.500. The molecule has 0 bridgehead atoms. The quantitative estimate of drug-likeness (QED) is 0.557. The number of nitrogens with two attached hydrogens (primary N) is 1. The zero-order valence-corrected chi connectivity index (χ0v) is 7.40. The van der Waals surface area contributed by atoms with Crippen molar-refractivity contribution in [1.29, 1.82) is 0 Å². The number of nitrogens with zero attached hydrogens (tertiary/aromatic N) is 1. The van der Waals surface area contributed by atoms with Gasteiger partial charge in [0.15, 0.2) is 0 Å². The minimum atomic E-state index is -0.255. The molecule has 0 spiro atoms. The monoisotopic (exact) mass is 192 g/mol. The van der Waals surface area contributed by atoms with Crippen LogP contribution >= 0.6 is 24.2 Å². The van der Waals surface area contributed by atoms with Crippen LogP contribution in [-0.2, 0) is 4.79 Å². The standard InChI is InChI=1S/C6H8N2OS.ClH/c7-4-5(9)8-2-1-3-10-6(4)8;/h1-2,4,6H,3,7H2;1H/t4?,6-;/m1./s1. The van der Waals surface area contributed by atoms with Crippen molar-refractivity contribution >= 4 is 30.1 Å². The maximum absolute atomic E-state index is 10.9. The Morgan fingerprint density at radius 2 is 2.45 bits per heavy atom. The van der Waals surface area contributed by atoms with Crippen molar-refractivity contribution in [3.63, 3.8) is 0 Å². The summed E-state index contributed by atoms with van der Waals surface area (Å²) in [6.45, 7) is 0. The van der Waals surface area contributed by atoms with E-state index in [0.29, 0.717) is 0 Å². The summed E-state index contributed by atoms with van der Waals surface area (Å²) in [7, 11) is 0. The lowest BCUT2D eigenvalue weighted by atomic mass is 10.1. The van der Waals surface area contributed by atoms with Crippen LogP contribution in [0.15, 0.2) is 12.3 Å². The summed E-state index contributed by atoms with van der Waals surface area (Å²) in [5.41, 5.74) is 5.53. The van der Waals surface area contributed by atoms with Gasteiger partial charge in [-0.1, -0.05) is 6.08 Å². The topological polar surface area (TPSA) is 46.3 Å². The van der Waals surface area contributed by atoms with E-state index in [9.17, 15) is 4.79 Å². The zero-order valence-electron chi connectivity index (χ0n) is 5.77. The van der Waals surface area contributed by atoms with E-state index in [-0.39, 0.29) is 29.7 Å². The molecule has 11 heavy (non-hydrogen) atoms. The number of halogens is 1. The molecule has 1 fully saturated rings. The van der Waals surface area contributed by atoms with Gasteiger partial charge >= 0.3 is 0 Å². The Hall–Kier alpha value is -0.190. The van der Waals surface area contributed by atoms with E-state index < -0.39 is 0 Å². The van der Waals surface area contributed by atoms with Gasteiger partial charge in [0, 0.05) is 12.0 Å². The van der Waals surface area contributed by atoms with Crippen molar-refractivity contribution in [1.82, 2.24) is 4.90 Å². The highest BCUT2D eigenvalue weighted by Gasteiger charge is 2.44. The van der Waals surface area contributed by atoms with Crippen molar-refractivity contribution in [2.24, 2.45) is 5.73 Å². The van der Waals surface area contributed by atoms with Gasteiger partial charge < -0.3 is 10.6 Å². The van der Waals surface area contributed by atoms with Gasteiger partial charge in [-0.05, 0) is 0 Å². The Balaban J connectivity index is 0.000000605. The molecule has 1 amide bonds. The molecule has 0 aliphatic carbocycles. The van der Waals surface area contributed by atoms with E-state index in [1.54, 1.807) is 16.7 Å². The lowest BCUT2D eigenvalue weighted by Crippen LogP contribution is -2.65. The number of thioether (sulfide) groups is 1. The lowest BCUT2D eigenvalue weighted by Gasteiger charge is -2.44. The van der Waals surface area contributed by atoms with Crippen LogP contribution in [0.2, 0.25) is 0 Å². The molecule has 0 radical (unpaired) electrons. The highest BCUT2D eigenvalue weighted by atomic mass is 35.5. The molecular formula is C6H9ClN2OS. The number of carbonyl (C=O) groups excluding carboxylic acids is 1. The lowest BCUT2D eigenvalue weighted by molar-refractivity contribution is -0.140. The van der Waals surface area contributed by atoms with Crippen molar-refractivity contribution in [2.75, 3.05) is 5.75 Å². The average Bonchev–Trinajstić information content (AvgIpc) is 2.03. The minimum Gasteiger partial charge on any atom is -0.317 e. The molecule has 2 heterocycles. The summed E-state index contributed by atoms with van der Waals surface area (Å²) < 4.78 is 0. The molecule has 0 aromatic heterocycles. The van der Waals surface area contributed by atoms with Crippen molar-refractivity contribution < 1.29 is 4.79 Å². The van der Waals surface area contributed by atoms with Gasteiger partial charge in [-0.3, -0.25) is 4.79 Å². The summed E-state index contributed by atoms with van der Waals surface area (Å²) in [6, 6.07) is -0.255. The highest BCUT2D eigenvalue weighted by Crippen LogP contribution is 2.31. The van der Waals surface area contributed by atoms with Crippen LogP contribution < -0.4 is 5.73 Å². The van der Waals surface area contributed by atoms with Crippen LogP contribution in [0, 0.1) is 0 Å². The number of hydrogen-bond donors (Lipinski definition) is 1. The normalized spacial score (nSPS) is 33.9. The highest BCUT2D eigenvalue weighted by molar-refractivity contribution is 8.00. The number of fused-ring (bicyclic) bond motifs is 1. The van der Waals surface area contributed by atoms with Gasteiger partial charge in [0.05, 0.1) is 0 Å². The van der Waals surface area contributed by atoms with Gasteiger partial charge in [-0.25, -0.2) is 0 Å². The maximum Gasteiger partial charge on any atom is 0.247 e. The molecule has 1 unspecified atom stereocenters. The largest absolute Gasteiger partial charge is 0.317 e. The summed E-state index contributed by atoms with van der Waals surface area (Å²) in [5.74, 6) is 1.02. The number of β-lactam (4-membered cyclic amide) rings is 1. The second-order valence-corrected chi connectivity index (χ2v) is 3.53. The Kier molecular flexibility index (Phi) is 2.47. The van der Waals surface area contributed by atoms with Crippen LogP contribution in [0.3, 0.4) is 0 Å². The van der Waals surface area contributed by atoms with Gasteiger partial charge in [-0.2, -0.15) is 0 Å².